The molecule has 3 aliphatic rings. The van der Waals surface area contributed by atoms with E-state index in [1.807, 2.05) is 19.1 Å². The molecular formula is C24H28BrNO5S. The Hall–Kier alpha value is -1.93. The number of benzene rings is 1. The van der Waals surface area contributed by atoms with Gasteiger partial charge in [0, 0.05) is 39.5 Å². The average Bonchev–Trinajstić information content (AvgIpc) is 3.15. The zero-order chi connectivity index (χ0) is 23.0. The fourth-order valence-corrected chi connectivity index (χ4v) is 5.63. The van der Waals surface area contributed by atoms with Crippen LogP contribution in [0.4, 0.5) is 0 Å². The molecule has 0 saturated carbocycles. The summed E-state index contributed by atoms with van der Waals surface area (Å²) in [4.78, 5) is 26.7. The largest absolute Gasteiger partial charge is 0.461 e. The van der Waals surface area contributed by atoms with E-state index >= 15 is 0 Å². The number of esters is 1. The van der Waals surface area contributed by atoms with Gasteiger partial charge in [0.25, 0.3) is 0 Å². The molecule has 1 unspecified atom stereocenters. The van der Waals surface area contributed by atoms with Crippen molar-refractivity contribution >= 4 is 39.4 Å². The van der Waals surface area contributed by atoms with Crippen molar-refractivity contribution in [3.05, 3.63) is 44.7 Å². The highest BCUT2D eigenvalue weighted by Gasteiger charge is 2.44. The van der Waals surface area contributed by atoms with Gasteiger partial charge in [-0.15, -0.1) is 0 Å². The van der Waals surface area contributed by atoms with Crippen LogP contribution in [0.1, 0.15) is 52.0 Å². The van der Waals surface area contributed by atoms with Gasteiger partial charge >= 0.3 is 5.97 Å². The van der Waals surface area contributed by atoms with E-state index in [1.54, 1.807) is 11.8 Å². The summed E-state index contributed by atoms with van der Waals surface area (Å²) in [5.74, 6) is 2.07. The molecule has 1 atom stereocenters. The summed E-state index contributed by atoms with van der Waals surface area (Å²) < 4.78 is 17.5. The lowest BCUT2D eigenvalue weighted by molar-refractivity contribution is -0.138. The highest BCUT2D eigenvalue weighted by atomic mass is 79.9. The molecule has 32 heavy (non-hydrogen) atoms. The van der Waals surface area contributed by atoms with Gasteiger partial charge in [0.2, 0.25) is 6.79 Å². The first-order valence-corrected chi connectivity index (χ1v) is 12.7. The van der Waals surface area contributed by atoms with E-state index < -0.39 is 11.9 Å². The molecule has 0 aromatic heterocycles. The lowest BCUT2D eigenvalue weighted by Crippen LogP contribution is -2.38. The molecule has 0 saturated heterocycles. The van der Waals surface area contributed by atoms with Crippen LogP contribution >= 0.6 is 27.7 Å². The summed E-state index contributed by atoms with van der Waals surface area (Å²) in [5.41, 5.74) is 3.37. The van der Waals surface area contributed by atoms with Gasteiger partial charge in [0.1, 0.15) is 6.61 Å². The van der Waals surface area contributed by atoms with Crippen molar-refractivity contribution < 1.29 is 23.8 Å². The van der Waals surface area contributed by atoms with Gasteiger partial charge in [0.15, 0.2) is 17.3 Å². The van der Waals surface area contributed by atoms with Crippen molar-refractivity contribution in [2.45, 2.75) is 46.5 Å². The van der Waals surface area contributed by atoms with Gasteiger partial charge in [-0.05, 0) is 42.2 Å². The van der Waals surface area contributed by atoms with Gasteiger partial charge < -0.3 is 19.5 Å². The Bertz CT molecular complexity index is 1030. The van der Waals surface area contributed by atoms with Crippen LogP contribution in [0.2, 0.25) is 0 Å². The van der Waals surface area contributed by atoms with Crippen molar-refractivity contribution in [1.82, 2.24) is 5.32 Å². The zero-order valence-corrected chi connectivity index (χ0v) is 21.2. The van der Waals surface area contributed by atoms with Gasteiger partial charge in [-0.3, -0.25) is 4.79 Å². The normalized spacial score (nSPS) is 21.4. The number of hydrogen-bond donors (Lipinski definition) is 1. The van der Waals surface area contributed by atoms with E-state index in [2.05, 4.69) is 42.0 Å². The maximum absolute atomic E-state index is 13.4. The number of allylic oxidation sites excluding steroid dienone is 3. The molecule has 0 bridgehead atoms. The first-order valence-electron chi connectivity index (χ1n) is 10.8. The molecule has 1 aliphatic carbocycles. The number of ketones is 1. The predicted molar refractivity (Wildman–Crippen MR) is 128 cm³/mol. The monoisotopic (exact) mass is 521 g/mol. The van der Waals surface area contributed by atoms with Crippen molar-refractivity contribution in [3.8, 4) is 11.5 Å². The second kappa shape index (κ2) is 9.14. The third-order valence-corrected chi connectivity index (χ3v) is 7.48. The second-order valence-electron chi connectivity index (χ2n) is 8.99. The molecule has 0 fully saturated rings. The van der Waals surface area contributed by atoms with E-state index in [0.29, 0.717) is 35.7 Å². The number of Topliss-reactive ketones (excluding diaryl/α,β-unsaturated/α-hetero) is 1. The molecule has 0 radical (unpaired) electrons. The van der Waals surface area contributed by atoms with Gasteiger partial charge in [-0.25, -0.2) is 4.79 Å². The van der Waals surface area contributed by atoms with Gasteiger partial charge in [0.05, 0.1) is 5.57 Å². The predicted octanol–water partition coefficient (Wildman–Crippen LogP) is 5.08. The van der Waals surface area contributed by atoms with Crippen LogP contribution in [0.3, 0.4) is 0 Å². The molecule has 0 spiro atoms. The molecule has 172 valence electrons. The van der Waals surface area contributed by atoms with Crippen molar-refractivity contribution in [1.29, 1.82) is 0 Å². The fraction of sp³-hybridized carbons (Fsp3) is 0.500. The Morgan fingerprint density at radius 3 is 2.72 bits per heavy atom. The number of nitrogens with one attached hydrogen (secondary N) is 1. The Morgan fingerprint density at radius 1 is 1.28 bits per heavy atom. The summed E-state index contributed by atoms with van der Waals surface area (Å²) in [6.45, 7) is 8.61. The summed E-state index contributed by atoms with van der Waals surface area (Å²) in [6.07, 6.45) is 1.17. The second-order valence-corrected chi connectivity index (χ2v) is 11.2. The first-order chi connectivity index (χ1) is 15.2. The van der Waals surface area contributed by atoms with Crippen LogP contribution < -0.4 is 14.8 Å². The smallest absolute Gasteiger partial charge is 0.336 e. The molecular weight excluding hydrogens is 494 g/mol. The van der Waals surface area contributed by atoms with Crippen molar-refractivity contribution in [2.24, 2.45) is 5.41 Å². The number of halogens is 1. The van der Waals surface area contributed by atoms with Crippen LogP contribution in [-0.2, 0) is 14.3 Å². The van der Waals surface area contributed by atoms with Gasteiger partial charge in [-0.1, -0.05) is 36.7 Å². The van der Waals surface area contributed by atoms with Crippen molar-refractivity contribution in [3.63, 3.8) is 0 Å². The minimum atomic E-state index is -0.537. The summed E-state index contributed by atoms with van der Waals surface area (Å²) in [6, 6.07) is 3.71. The summed E-state index contributed by atoms with van der Waals surface area (Å²) in [7, 11) is 0. The van der Waals surface area contributed by atoms with Crippen LogP contribution in [0.25, 0.3) is 0 Å². The third-order valence-electron chi connectivity index (χ3n) is 5.93. The lowest BCUT2D eigenvalue weighted by atomic mass is 9.68. The lowest BCUT2D eigenvalue weighted by Gasteiger charge is -2.39. The van der Waals surface area contributed by atoms with E-state index in [0.717, 1.165) is 39.4 Å². The highest BCUT2D eigenvalue weighted by Crippen LogP contribution is 2.50. The maximum atomic E-state index is 13.4. The first kappa shape index (κ1) is 23.2. The molecule has 6 nitrogen and oxygen atoms in total. The molecule has 1 aromatic rings. The molecule has 8 heteroatoms. The molecule has 1 aromatic carbocycles. The fourth-order valence-electron chi connectivity index (χ4n) is 4.59. The van der Waals surface area contributed by atoms with Gasteiger partial charge in [-0.2, -0.15) is 11.8 Å². The number of thioether (sulfide) groups is 1. The average molecular weight is 522 g/mol. The standard InChI is InChI=1S/C24H28BrNO5S/c1-5-32-7-6-29-23(28)20-13(2)26-16-10-24(3,4)11-17(27)22(16)21(20)14-8-18-19(9-15(14)25)31-12-30-18/h8-9,21,26H,5-7,10-12H2,1-4H3. The Morgan fingerprint density at radius 2 is 2.00 bits per heavy atom. The van der Waals surface area contributed by atoms with Crippen LogP contribution in [0.5, 0.6) is 11.5 Å². The van der Waals surface area contributed by atoms with Crippen LogP contribution in [0, 0.1) is 5.41 Å². The Balaban J connectivity index is 1.79. The SMILES string of the molecule is CCSCCOC(=O)C1=C(C)NC2=C(C(=O)CC(C)(C)C2)C1c1cc2c(cc1Br)OCO2. The van der Waals surface area contributed by atoms with E-state index in [-0.39, 0.29) is 18.0 Å². The minimum absolute atomic E-state index is 0.0534. The molecule has 4 rings (SSSR count). The number of carbonyl (C=O) groups excluding carboxylic acids is 2. The zero-order valence-electron chi connectivity index (χ0n) is 18.8. The number of fused-ring (bicyclic) bond motifs is 1. The van der Waals surface area contributed by atoms with E-state index in [9.17, 15) is 9.59 Å². The maximum Gasteiger partial charge on any atom is 0.336 e. The molecule has 1 N–H and O–H groups in total. The highest BCUT2D eigenvalue weighted by molar-refractivity contribution is 9.10. The van der Waals surface area contributed by atoms with E-state index in [1.165, 1.54) is 0 Å². The number of ether oxygens (including phenoxy) is 3. The van der Waals surface area contributed by atoms with E-state index in [4.69, 9.17) is 14.2 Å². The molecule has 2 heterocycles. The minimum Gasteiger partial charge on any atom is -0.461 e. The molecule has 0 amide bonds. The Kier molecular flexibility index (Phi) is 6.63. The number of dihydropyridines is 1. The summed E-state index contributed by atoms with van der Waals surface area (Å²) in [5, 5.41) is 3.37. The quantitative estimate of drug-likeness (QED) is 0.413. The number of rotatable bonds is 6. The third kappa shape index (κ3) is 4.44. The Labute approximate surface area is 201 Å². The number of hydrogen-bond acceptors (Lipinski definition) is 7. The topological polar surface area (TPSA) is 73.9 Å². The van der Waals surface area contributed by atoms with Crippen LogP contribution in [0.15, 0.2) is 39.1 Å². The van der Waals surface area contributed by atoms with Crippen molar-refractivity contribution in [2.75, 3.05) is 24.9 Å². The number of carbonyl (C=O) groups is 2. The van der Waals surface area contributed by atoms with Crippen LogP contribution in [-0.4, -0.2) is 36.7 Å². The molecule has 2 aliphatic heterocycles. The summed E-state index contributed by atoms with van der Waals surface area (Å²) >= 11 is 5.36.